The van der Waals surface area contributed by atoms with Crippen molar-refractivity contribution in [2.45, 2.75) is 50.2 Å². The highest BCUT2D eigenvalue weighted by molar-refractivity contribution is 6.30. The van der Waals surface area contributed by atoms with Crippen molar-refractivity contribution >= 4 is 17.5 Å². The summed E-state index contributed by atoms with van der Waals surface area (Å²) in [5.41, 5.74) is -1.72. The average molecular weight is 555 g/mol. The molecule has 1 saturated heterocycles. The van der Waals surface area contributed by atoms with E-state index in [9.17, 15) is 31.1 Å². The van der Waals surface area contributed by atoms with Crippen LogP contribution >= 0.6 is 11.6 Å². The van der Waals surface area contributed by atoms with Crippen LogP contribution in [0.1, 0.15) is 45.5 Å². The SMILES string of the molecule is O=C(c1cc(C(F)(F)F)cc(C(F)(F)F)c1)N1CC[C@H](NCc2ccc(Cl)cc2)C[C@H]1Cc1ccccc1. The maximum Gasteiger partial charge on any atom is 0.416 e. The lowest BCUT2D eigenvalue weighted by Gasteiger charge is -2.40. The Morgan fingerprint density at radius 2 is 1.47 bits per heavy atom. The molecule has 0 spiro atoms. The molecule has 1 aliphatic rings. The van der Waals surface area contributed by atoms with Gasteiger partial charge in [0.15, 0.2) is 0 Å². The van der Waals surface area contributed by atoms with Crippen molar-refractivity contribution in [2.24, 2.45) is 0 Å². The molecular formula is C28H25ClF6N2O. The van der Waals surface area contributed by atoms with Gasteiger partial charge in [-0.3, -0.25) is 4.79 Å². The molecule has 38 heavy (non-hydrogen) atoms. The van der Waals surface area contributed by atoms with Gasteiger partial charge in [0.1, 0.15) is 0 Å². The number of nitrogens with one attached hydrogen (secondary N) is 1. The minimum atomic E-state index is -5.03. The normalized spacial score (nSPS) is 18.4. The molecule has 3 aromatic carbocycles. The molecule has 1 aliphatic heterocycles. The summed E-state index contributed by atoms with van der Waals surface area (Å²) in [6.07, 6.45) is -8.66. The number of nitrogens with zero attached hydrogens (tertiary/aromatic N) is 1. The van der Waals surface area contributed by atoms with Gasteiger partial charge in [-0.1, -0.05) is 54.1 Å². The number of alkyl halides is 6. The van der Waals surface area contributed by atoms with E-state index in [4.69, 9.17) is 11.6 Å². The Morgan fingerprint density at radius 1 is 0.868 bits per heavy atom. The maximum absolute atomic E-state index is 13.4. The Balaban J connectivity index is 1.59. The molecule has 0 saturated carbocycles. The van der Waals surface area contributed by atoms with Crippen LogP contribution in [0.15, 0.2) is 72.8 Å². The predicted octanol–water partition coefficient (Wildman–Crippen LogP) is 7.38. The molecule has 202 valence electrons. The largest absolute Gasteiger partial charge is 0.416 e. The minimum absolute atomic E-state index is 0.00399. The van der Waals surface area contributed by atoms with E-state index < -0.39 is 41.0 Å². The second-order valence-corrected chi connectivity index (χ2v) is 9.80. The molecule has 0 bridgehead atoms. The van der Waals surface area contributed by atoms with Crippen molar-refractivity contribution in [2.75, 3.05) is 6.54 Å². The van der Waals surface area contributed by atoms with Gasteiger partial charge in [0, 0.05) is 35.8 Å². The van der Waals surface area contributed by atoms with Gasteiger partial charge in [-0.25, -0.2) is 0 Å². The van der Waals surface area contributed by atoms with Crippen LogP contribution in [0.3, 0.4) is 0 Å². The zero-order valence-electron chi connectivity index (χ0n) is 20.1. The molecule has 0 radical (unpaired) electrons. The highest BCUT2D eigenvalue weighted by Crippen LogP contribution is 2.37. The van der Waals surface area contributed by atoms with E-state index in [1.165, 1.54) is 4.90 Å². The summed E-state index contributed by atoms with van der Waals surface area (Å²) in [7, 11) is 0. The van der Waals surface area contributed by atoms with Crippen LogP contribution in [0.2, 0.25) is 5.02 Å². The molecule has 0 aliphatic carbocycles. The summed E-state index contributed by atoms with van der Waals surface area (Å²) < 4.78 is 80.4. The first kappa shape index (κ1) is 28.0. The smallest absolute Gasteiger partial charge is 0.335 e. The molecule has 10 heteroatoms. The van der Waals surface area contributed by atoms with E-state index in [2.05, 4.69) is 5.32 Å². The van der Waals surface area contributed by atoms with Crippen LogP contribution in [0.4, 0.5) is 26.3 Å². The number of benzene rings is 3. The summed E-state index contributed by atoms with van der Waals surface area (Å²) in [4.78, 5) is 14.8. The van der Waals surface area contributed by atoms with Crippen molar-refractivity contribution in [3.05, 3.63) is 106 Å². The zero-order valence-corrected chi connectivity index (χ0v) is 20.9. The summed E-state index contributed by atoms with van der Waals surface area (Å²) in [6, 6.07) is 17.2. The lowest BCUT2D eigenvalue weighted by Crippen LogP contribution is -2.51. The van der Waals surface area contributed by atoms with Gasteiger partial charge in [-0.2, -0.15) is 26.3 Å². The van der Waals surface area contributed by atoms with E-state index in [1.54, 1.807) is 12.1 Å². The molecular weight excluding hydrogens is 530 g/mol. The van der Waals surface area contributed by atoms with Crippen LogP contribution in [-0.4, -0.2) is 29.4 Å². The first-order valence-corrected chi connectivity index (χ1v) is 12.4. The fourth-order valence-corrected chi connectivity index (χ4v) is 4.82. The fourth-order valence-electron chi connectivity index (χ4n) is 4.69. The summed E-state index contributed by atoms with van der Waals surface area (Å²) >= 11 is 5.94. The maximum atomic E-state index is 13.4. The molecule has 4 rings (SSSR count). The Labute approximate surface area is 221 Å². The Kier molecular flexibility index (Phi) is 8.37. The number of likely N-dealkylation sites (tertiary alicyclic amines) is 1. The van der Waals surface area contributed by atoms with Gasteiger partial charge in [0.05, 0.1) is 11.1 Å². The minimum Gasteiger partial charge on any atom is -0.335 e. The van der Waals surface area contributed by atoms with Crippen LogP contribution in [-0.2, 0) is 25.3 Å². The number of halogens is 7. The second kappa shape index (κ2) is 11.4. The van der Waals surface area contributed by atoms with Crippen LogP contribution in [0.25, 0.3) is 0 Å². The number of carbonyl (C=O) groups excluding carboxylic acids is 1. The van der Waals surface area contributed by atoms with Gasteiger partial charge < -0.3 is 10.2 Å². The standard InChI is InChI=1S/C28H25ClF6N2O/c29-23-8-6-19(7-9-23)17-36-24-10-11-37(25(16-24)12-18-4-2-1-3-5-18)26(38)20-13-21(27(30,31)32)15-22(14-20)28(33,34)35/h1-9,13-15,24-25,36H,10-12,16-17H2/t24-,25+/m0/s1. The van der Waals surface area contributed by atoms with E-state index in [0.29, 0.717) is 43.0 Å². The molecule has 1 N–H and O–H groups in total. The Morgan fingerprint density at radius 3 is 2.05 bits per heavy atom. The average Bonchev–Trinajstić information content (AvgIpc) is 2.87. The molecule has 2 atom stereocenters. The third-order valence-corrected chi connectivity index (χ3v) is 6.89. The molecule has 0 unspecified atom stereocenters. The molecule has 3 nitrogen and oxygen atoms in total. The Hall–Kier alpha value is -3.04. The zero-order chi connectivity index (χ0) is 27.5. The molecule has 1 fully saturated rings. The van der Waals surface area contributed by atoms with Crippen LogP contribution in [0, 0.1) is 0 Å². The molecule has 3 aromatic rings. The summed E-state index contributed by atoms with van der Waals surface area (Å²) in [6.45, 7) is 0.739. The third kappa shape index (κ3) is 7.08. The van der Waals surface area contributed by atoms with Gasteiger partial charge in [0.2, 0.25) is 0 Å². The van der Waals surface area contributed by atoms with Gasteiger partial charge in [-0.15, -0.1) is 0 Å². The monoisotopic (exact) mass is 554 g/mol. The van der Waals surface area contributed by atoms with E-state index in [0.717, 1.165) is 11.1 Å². The van der Waals surface area contributed by atoms with Crippen molar-refractivity contribution in [3.8, 4) is 0 Å². The van der Waals surface area contributed by atoms with Gasteiger partial charge in [0.25, 0.3) is 5.91 Å². The number of rotatable bonds is 6. The van der Waals surface area contributed by atoms with Gasteiger partial charge in [-0.05, 0) is 60.7 Å². The molecule has 0 aromatic heterocycles. The van der Waals surface area contributed by atoms with E-state index >= 15 is 0 Å². The highest BCUT2D eigenvalue weighted by Gasteiger charge is 2.39. The van der Waals surface area contributed by atoms with Crippen LogP contribution in [0.5, 0.6) is 0 Å². The van der Waals surface area contributed by atoms with Crippen molar-refractivity contribution in [1.29, 1.82) is 0 Å². The fraction of sp³-hybridized carbons (Fsp3) is 0.321. The first-order valence-electron chi connectivity index (χ1n) is 12.0. The van der Waals surface area contributed by atoms with Crippen molar-refractivity contribution in [3.63, 3.8) is 0 Å². The summed E-state index contributed by atoms with van der Waals surface area (Å²) in [5, 5.41) is 4.07. The first-order chi connectivity index (χ1) is 17.9. The van der Waals surface area contributed by atoms with E-state index in [-0.39, 0.29) is 18.7 Å². The number of amides is 1. The third-order valence-electron chi connectivity index (χ3n) is 6.63. The number of piperidine rings is 1. The quantitative estimate of drug-likeness (QED) is 0.322. The summed E-state index contributed by atoms with van der Waals surface area (Å²) in [5.74, 6) is -0.848. The van der Waals surface area contributed by atoms with Crippen molar-refractivity contribution < 1.29 is 31.1 Å². The number of hydrogen-bond acceptors (Lipinski definition) is 2. The lowest BCUT2D eigenvalue weighted by molar-refractivity contribution is -0.143. The predicted molar refractivity (Wildman–Crippen MR) is 133 cm³/mol. The van der Waals surface area contributed by atoms with Crippen LogP contribution < -0.4 is 5.32 Å². The van der Waals surface area contributed by atoms with E-state index in [1.807, 2.05) is 42.5 Å². The molecule has 1 amide bonds. The van der Waals surface area contributed by atoms with Gasteiger partial charge >= 0.3 is 12.4 Å². The van der Waals surface area contributed by atoms with Crippen molar-refractivity contribution in [1.82, 2.24) is 10.2 Å². The Bertz CT molecular complexity index is 1210. The second-order valence-electron chi connectivity index (χ2n) is 9.37. The highest BCUT2D eigenvalue weighted by atomic mass is 35.5. The topological polar surface area (TPSA) is 32.3 Å². The molecule has 1 heterocycles. The lowest BCUT2D eigenvalue weighted by atomic mass is 9.91. The number of carbonyl (C=O) groups is 1. The number of hydrogen-bond donors (Lipinski definition) is 1.